The molecule has 2 amide bonds. The van der Waals surface area contributed by atoms with Gasteiger partial charge in [0, 0.05) is 25.2 Å². The van der Waals surface area contributed by atoms with Crippen molar-refractivity contribution in [3.05, 3.63) is 35.9 Å². The SMILES string of the molecule is CONC(=O)NC1CCN(C(C)c2ccccc2)CC1. The summed E-state index contributed by atoms with van der Waals surface area (Å²) in [5.74, 6) is 0. The molecule has 1 aliphatic heterocycles. The molecular formula is C15H23N3O2. The summed E-state index contributed by atoms with van der Waals surface area (Å²) in [6, 6.07) is 10.9. The van der Waals surface area contributed by atoms with Crippen LogP contribution in [0.5, 0.6) is 0 Å². The lowest BCUT2D eigenvalue weighted by atomic mass is 10.0. The van der Waals surface area contributed by atoms with Gasteiger partial charge in [0.15, 0.2) is 0 Å². The Morgan fingerprint density at radius 2 is 1.95 bits per heavy atom. The van der Waals surface area contributed by atoms with Crippen LogP contribution in [0.1, 0.15) is 31.4 Å². The van der Waals surface area contributed by atoms with Crippen LogP contribution in [0.15, 0.2) is 30.3 Å². The van der Waals surface area contributed by atoms with Gasteiger partial charge < -0.3 is 5.32 Å². The second kappa shape index (κ2) is 7.26. The van der Waals surface area contributed by atoms with E-state index in [0.29, 0.717) is 6.04 Å². The third kappa shape index (κ3) is 3.95. The lowest BCUT2D eigenvalue weighted by Crippen LogP contribution is -2.48. The first-order valence-electron chi connectivity index (χ1n) is 7.09. The normalized spacial score (nSPS) is 18.5. The van der Waals surface area contributed by atoms with Gasteiger partial charge in [-0.3, -0.25) is 9.74 Å². The fraction of sp³-hybridized carbons (Fsp3) is 0.533. The number of nitrogens with one attached hydrogen (secondary N) is 2. The number of amides is 2. The summed E-state index contributed by atoms with van der Waals surface area (Å²) >= 11 is 0. The largest absolute Gasteiger partial charge is 0.338 e. The molecule has 2 rings (SSSR count). The van der Waals surface area contributed by atoms with Crippen LogP contribution in [0.2, 0.25) is 0 Å². The molecule has 110 valence electrons. The molecule has 1 aromatic carbocycles. The fourth-order valence-corrected chi connectivity index (χ4v) is 2.68. The summed E-state index contributed by atoms with van der Waals surface area (Å²) in [5.41, 5.74) is 3.63. The van der Waals surface area contributed by atoms with Crippen molar-refractivity contribution in [2.45, 2.75) is 31.8 Å². The molecule has 1 aliphatic rings. The third-order valence-corrected chi connectivity index (χ3v) is 3.89. The van der Waals surface area contributed by atoms with Crippen LogP contribution in [0.4, 0.5) is 4.79 Å². The molecule has 1 fully saturated rings. The van der Waals surface area contributed by atoms with Gasteiger partial charge in [0.1, 0.15) is 0 Å². The Labute approximate surface area is 120 Å². The highest BCUT2D eigenvalue weighted by molar-refractivity contribution is 5.72. The van der Waals surface area contributed by atoms with Gasteiger partial charge in [-0.2, -0.15) is 0 Å². The first-order chi connectivity index (χ1) is 9.70. The van der Waals surface area contributed by atoms with E-state index in [-0.39, 0.29) is 12.1 Å². The summed E-state index contributed by atoms with van der Waals surface area (Å²) in [4.78, 5) is 18.4. The maximum Gasteiger partial charge on any atom is 0.338 e. The monoisotopic (exact) mass is 277 g/mol. The smallest absolute Gasteiger partial charge is 0.334 e. The van der Waals surface area contributed by atoms with Gasteiger partial charge in [-0.05, 0) is 25.3 Å². The molecule has 2 N–H and O–H groups in total. The minimum atomic E-state index is -0.262. The molecule has 5 nitrogen and oxygen atoms in total. The minimum Gasteiger partial charge on any atom is -0.334 e. The second-order valence-corrected chi connectivity index (χ2v) is 5.18. The summed E-state index contributed by atoms with van der Waals surface area (Å²) in [6.45, 7) is 4.22. The minimum absolute atomic E-state index is 0.226. The maximum atomic E-state index is 11.4. The zero-order valence-electron chi connectivity index (χ0n) is 12.1. The van der Waals surface area contributed by atoms with Crippen molar-refractivity contribution in [1.29, 1.82) is 0 Å². The lowest BCUT2D eigenvalue weighted by Gasteiger charge is -2.36. The fourth-order valence-electron chi connectivity index (χ4n) is 2.68. The quantitative estimate of drug-likeness (QED) is 0.828. The summed E-state index contributed by atoms with van der Waals surface area (Å²) in [6.07, 6.45) is 1.93. The molecule has 1 unspecified atom stereocenters. The van der Waals surface area contributed by atoms with Crippen LogP contribution in [-0.2, 0) is 4.84 Å². The van der Waals surface area contributed by atoms with E-state index in [2.05, 4.69) is 51.7 Å². The Morgan fingerprint density at radius 1 is 1.30 bits per heavy atom. The highest BCUT2D eigenvalue weighted by Crippen LogP contribution is 2.23. The van der Waals surface area contributed by atoms with Crippen LogP contribution in [-0.4, -0.2) is 37.2 Å². The zero-order valence-corrected chi connectivity index (χ0v) is 12.1. The zero-order chi connectivity index (χ0) is 14.4. The molecule has 0 radical (unpaired) electrons. The number of likely N-dealkylation sites (tertiary alicyclic amines) is 1. The van der Waals surface area contributed by atoms with Gasteiger partial charge in [0.05, 0.1) is 7.11 Å². The van der Waals surface area contributed by atoms with Crippen molar-refractivity contribution < 1.29 is 9.63 Å². The molecule has 1 saturated heterocycles. The molecule has 5 heteroatoms. The molecule has 0 spiro atoms. The molecule has 1 atom stereocenters. The lowest BCUT2D eigenvalue weighted by molar-refractivity contribution is 0.101. The molecule has 0 aromatic heterocycles. The second-order valence-electron chi connectivity index (χ2n) is 5.18. The number of urea groups is 1. The van der Waals surface area contributed by atoms with E-state index in [1.54, 1.807) is 0 Å². The van der Waals surface area contributed by atoms with Crippen molar-refractivity contribution in [3.8, 4) is 0 Å². The highest BCUT2D eigenvalue weighted by Gasteiger charge is 2.24. The van der Waals surface area contributed by atoms with Crippen LogP contribution < -0.4 is 10.8 Å². The van der Waals surface area contributed by atoms with Crippen molar-refractivity contribution >= 4 is 6.03 Å². The van der Waals surface area contributed by atoms with Crippen molar-refractivity contribution in [2.24, 2.45) is 0 Å². The number of nitrogens with zero attached hydrogens (tertiary/aromatic N) is 1. The molecule has 1 heterocycles. The standard InChI is InChI=1S/C15H23N3O2/c1-12(13-6-4-3-5-7-13)18-10-8-14(9-11-18)16-15(19)17-20-2/h3-7,12,14H,8-11H2,1-2H3,(H2,16,17,19). The number of hydrogen-bond acceptors (Lipinski definition) is 3. The first kappa shape index (κ1) is 14.8. The van der Waals surface area contributed by atoms with Gasteiger partial charge in [0.2, 0.25) is 0 Å². The predicted octanol–water partition coefficient (Wildman–Crippen LogP) is 2.07. The van der Waals surface area contributed by atoms with E-state index in [1.165, 1.54) is 12.7 Å². The number of hydrogen-bond donors (Lipinski definition) is 2. The first-order valence-corrected chi connectivity index (χ1v) is 7.09. The molecule has 0 bridgehead atoms. The van der Waals surface area contributed by atoms with Crippen molar-refractivity contribution in [1.82, 2.24) is 15.7 Å². The van der Waals surface area contributed by atoms with Gasteiger partial charge in [-0.1, -0.05) is 30.3 Å². The van der Waals surface area contributed by atoms with Crippen molar-refractivity contribution in [3.63, 3.8) is 0 Å². The Bertz CT molecular complexity index is 416. The highest BCUT2D eigenvalue weighted by atomic mass is 16.6. The van der Waals surface area contributed by atoms with Gasteiger partial charge in [0.25, 0.3) is 0 Å². The van der Waals surface area contributed by atoms with Crippen LogP contribution in [0, 0.1) is 0 Å². The number of hydroxylamine groups is 1. The number of carbonyl (C=O) groups excluding carboxylic acids is 1. The molecule has 1 aromatic rings. The summed E-state index contributed by atoms with van der Waals surface area (Å²) in [5, 5.41) is 2.92. The number of rotatable bonds is 4. The molecule has 0 saturated carbocycles. The van der Waals surface area contributed by atoms with Crippen molar-refractivity contribution in [2.75, 3.05) is 20.2 Å². The average Bonchev–Trinajstić information content (AvgIpc) is 2.48. The van der Waals surface area contributed by atoms with Crippen LogP contribution in [0.3, 0.4) is 0 Å². The van der Waals surface area contributed by atoms with E-state index in [9.17, 15) is 4.79 Å². The van der Waals surface area contributed by atoms with E-state index >= 15 is 0 Å². The number of carbonyl (C=O) groups is 1. The summed E-state index contributed by atoms with van der Waals surface area (Å²) < 4.78 is 0. The van der Waals surface area contributed by atoms with Crippen LogP contribution >= 0.6 is 0 Å². The Balaban J connectivity index is 1.81. The Morgan fingerprint density at radius 3 is 2.55 bits per heavy atom. The summed E-state index contributed by atoms with van der Waals surface area (Å²) in [7, 11) is 1.43. The number of benzene rings is 1. The van der Waals surface area contributed by atoms with Gasteiger partial charge in [-0.25, -0.2) is 10.3 Å². The third-order valence-electron chi connectivity index (χ3n) is 3.89. The maximum absolute atomic E-state index is 11.4. The molecule has 20 heavy (non-hydrogen) atoms. The van der Waals surface area contributed by atoms with E-state index in [1.807, 2.05) is 6.07 Å². The number of piperidine rings is 1. The van der Waals surface area contributed by atoms with E-state index in [4.69, 9.17) is 0 Å². The Hall–Kier alpha value is -1.59. The van der Waals surface area contributed by atoms with E-state index < -0.39 is 0 Å². The topological polar surface area (TPSA) is 53.6 Å². The van der Waals surface area contributed by atoms with Gasteiger partial charge >= 0.3 is 6.03 Å². The van der Waals surface area contributed by atoms with E-state index in [0.717, 1.165) is 25.9 Å². The molecular weight excluding hydrogens is 254 g/mol. The van der Waals surface area contributed by atoms with Crippen LogP contribution in [0.25, 0.3) is 0 Å². The average molecular weight is 277 g/mol. The Kier molecular flexibility index (Phi) is 5.38. The predicted molar refractivity (Wildman–Crippen MR) is 78.1 cm³/mol. The molecule has 0 aliphatic carbocycles. The van der Waals surface area contributed by atoms with Gasteiger partial charge in [-0.15, -0.1) is 0 Å².